The molecule has 0 spiro atoms. The molecule has 4 rings (SSSR count). The Morgan fingerprint density at radius 1 is 1.13 bits per heavy atom. The van der Waals surface area contributed by atoms with E-state index in [9.17, 15) is 8.42 Å². The van der Waals surface area contributed by atoms with Crippen molar-refractivity contribution >= 4 is 15.7 Å². The average molecular weight is 330 g/mol. The number of rotatable bonds is 2. The van der Waals surface area contributed by atoms with Gasteiger partial charge in [-0.05, 0) is 61.3 Å². The number of sulfonamides is 1. The smallest absolute Gasteiger partial charge is 0.238 e. The fourth-order valence-electron chi connectivity index (χ4n) is 4.40. The number of hydrogen-bond donors (Lipinski definition) is 2. The zero-order chi connectivity index (χ0) is 16.0. The number of allylic oxidation sites excluding steroid dienone is 4. The van der Waals surface area contributed by atoms with Gasteiger partial charge in [0, 0.05) is 17.6 Å². The molecule has 122 valence electrons. The van der Waals surface area contributed by atoms with Crippen LogP contribution in [0, 0.1) is 11.8 Å². The number of hydrogen-bond acceptors (Lipinski definition) is 3. The Morgan fingerprint density at radius 2 is 2.00 bits per heavy atom. The van der Waals surface area contributed by atoms with Crippen molar-refractivity contribution in [2.75, 3.05) is 5.32 Å². The molecule has 4 atom stereocenters. The topological polar surface area (TPSA) is 72.2 Å². The van der Waals surface area contributed by atoms with Gasteiger partial charge in [0.15, 0.2) is 0 Å². The van der Waals surface area contributed by atoms with Crippen LogP contribution in [0.15, 0.2) is 47.4 Å². The molecule has 0 unspecified atom stereocenters. The van der Waals surface area contributed by atoms with Crippen LogP contribution in [0.1, 0.15) is 37.2 Å². The van der Waals surface area contributed by atoms with E-state index >= 15 is 0 Å². The standard InChI is InChI=1S/C18H22N2O2S/c19-23(21,22)13-9-10-17-16(11-13)14-7-4-8-15(14)18(20-17)12-5-2-1-3-6-12/h1-2,4,7,9-12,14-15,18,20H,3,5-6,8H2,(H2,19,21,22)/t12-,14+,15+,18-/m0/s1. The molecule has 23 heavy (non-hydrogen) atoms. The monoisotopic (exact) mass is 330 g/mol. The summed E-state index contributed by atoms with van der Waals surface area (Å²) in [6.45, 7) is 0. The summed E-state index contributed by atoms with van der Waals surface area (Å²) >= 11 is 0. The highest BCUT2D eigenvalue weighted by molar-refractivity contribution is 7.89. The number of anilines is 1. The van der Waals surface area contributed by atoms with E-state index in [-0.39, 0.29) is 4.90 Å². The van der Waals surface area contributed by atoms with Crippen LogP contribution in [0.25, 0.3) is 0 Å². The minimum atomic E-state index is -3.66. The van der Waals surface area contributed by atoms with Gasteiger partial charge in [0.25, 0.3) is 0 Å². The van der Waals surface area contributed by atoms with Gasteiger partial charge in [-0.2, -0.15) is 0 Å². The van der Waals surface area contributed by atoms with Crippen LogP contribution in [-0.2, 0) is 10.0 Å². The van der Waals surface area contributed by atoms with E-state index in [1.807, 2.05) is 6.07 Å². The lowest BCUT2D eigenvalue weighted by atomic mass is 9.72. The van der Waals surface area contributed by atoms with Crippen molar-refractivity contribution in [2.24, 2.45) is 17.0 Å². The van der Waals surface area contributed by atoms with Crippen molar-refractivity contribution in [1.29, 1.82) is 0 Å². The van der Waals surface area contributed by atoms with Gasteiger partial charge in [-0.25, -0.2) is 13.6 Å². The SMILES string of the molecule is NS(=O)(=O)c1ccc2c(c1)[C@@H]1C=CC[C@H]1[C@H]([C@H]1CC=CCC1)N2. The molecule has 0 aromatic heterocycles. The Morgan fingerprint density at radius 3 is 2.74 bits per heavy atom. The molecule has 0 saturated carbocycles. The van der Waals surface area contributed by atoms with Crippen LogP contribution in [0.4, 0.5) is 5.69 Å². The molecule has 1 aliphatic heterocycles. The van der Waals surface area contributed by atoms with Crippen molar-refractivity contribution < 1.29 is 8.42 Å². The van der Waals surface area contributed by atoms with Crippen LogP contribution < -0.4 is 10.5 Å². The van der Waals surface area contributed by atoms with Gasteiger partial charge in [-0.3, -0.25) is 0 Å². The Balaban J connectivity index is 1.73. The molecule has 0 radical (unpaired) electrons. The highest BCUT2D eigenvalue weighted by Crippen LogP contribution is 2.48. The predicted octanol–water partition coefficient (Wildman–Crippen LogP) is 3.14. The molecule has 1 heterocycles. The highest BCUT2D eigenvalue weighted by atomic mass is 32.2. The normalized spacial score (nSPS) is 32.2. The van der Waals surface area contributed by atoms with Crippen LogP contribution in [0.5, 0.6) is 0 Å². The molecule has 0 fully saturated rings. The largest absolute Gasteiger partial charge is 0.381 e. The van der Waals surface area contributed by atoms with E-state index in [1.54, 1.807) is 12.1 Å². The maximum atomic E-state index is 11.7. The summed E-state index contributed by atoms with van der Waals surface area (Å²) in [6, 6.07) is 5.69. The zero-order valence-corrected chi connectivity index (χ0v) is 13.8. The van der Waals surface area contributed by atoms with Gasteiger partial charge < -0.3 is 5.32 Å². The predicted molar refractivity (Wildman–Crippen MR) is 91.7 cm³/mol. The second kappa shape index (κ2) is 5.49. The quantitative estimate of drug-likeness (QED) is 0.818. The lowest BCUT2D eigenvalue weighted by Gasteiger charge is -2.42. The highest BCUT2D eigenvalue weighted by Gasteiger charge is 2.40. The molecule has 3 N–H and O–H groups in total. The molecule has 1 aromatic rings. The summed E-state index contributed by atoms with van der Waals surface area (Å²) in [5, 5.41) is 9.00. The summed E-state index contributed by atoms with van der Waals surface area (Å²) in [7, 11) is -3.66. The summed E-state index contributed by atoms with van der Waals surface area (Å²) < 4.78 is 23.3. The van der Waals surface area contributed by atoms with E-state index < -0.39 is 10.0 Å². The minimum Gasteiger partial charge on any atom is -0.381 e. The Bertz CT molecular complexity index is 782. The van der Waals surface area contributed by atoms with Crippen LogP contribution >= 0.6 is 0 Å². The first-order chi connectivity index (χ1) is 11.0. The molecule has 1 aromatic carbocycles. The number of benzene rings is 1. The summed E-state index contributed by atoms with van der Waals surface area (Å²) in [6.07, 6.45) is 13.6. The molecular weight excluding hydrogens is 308 g/mol. The maximum Gasteiger partial charge on any atom is 0.238 e. The van der Waals surface area contributed by atoms with E-state index in [4.69, 9.17) is 5.14 Å². The summed E-state index contributed by atoms with van der Waals surface area (Å²) in [4.78, 5) is 0.205. The molecule has 5 heteroatoms. The number of fused-ring (bicyclic) bond motifs is 3. The van der Waals surface area contributed by atoms with Crippen molar-refractivity contribution in [3.05, 3.63) is 48.1 Å². The molecular formula is C18H22N2O2S. The van der Waals surface area contributed by atoms with Crippen molar-refractivity contribution in [2.45, 2.75) is 42.5 Å². The van der Waals surface area contributed by atoms with Gasteiger partial charge in [0.05, 0.1) is 4.90 Å². The summed E-state index contributed by atoms with van der Waals surface area (Å²) in [5.74, 6) is 1.46. The van der Waals surface area contributed by atoms with Gasteiger partial charge >= 0.3 is 0 Å². The first-order valence-electron chi connectivity index (χ1n) is 8.29. The number of primary sulfonamides is 1. The maximum absolute atomic E-state index is 11.7. The Kier molecular flexibility index (Phi) is 3.58. The third-order valence-corrected chi connectivity index (χ3v) is 6.44. The van der Waals surface area contributed by atoms with Crippen LogP contribution in [0.2, 0.25) is 0 Å². The molecule has 0 amide bonds. The Hall–Kier alpha value is -1.59. The van der Waals surface area contributed by atoms with Crippen LogP contribution in [0.3, 0.4) is 0 Å². The third-order valence-electron chi connectivity index (χ3n) is 5.52. The van der Waals surface area contributed by atoms with Gasteiger partial charge in [-0.15, -0.1) is 0 Å². The first-order valence-corrected chi connectivity index (χ1v) is 9.83. The van der Waals surface area contributed by atoms with Crippen molar-refractivity contribution in [3.8, 4) is 0 Å². The minimum absolute atomic E-state index is 0.205. The van der Waals surface area contributed by atoms with E-state index in [2.05, 4.69) is 29.6 Å². The second-order valence-corrected chi connectivity index (χ2v) is 8.42. The van der Waals surface area contributed by atoms with E-state index in [0.29, 0.717) is 23.8 Å². The molecule has 4 nitrogen and oxygen atoms in total. The fourth-order valence-corrected chi connectivity index (χ4v) is 4.95. The zero-order valence-electron chi connectivity index (χ0n) is 13.0. The molecule has 0 bridgehead atoms. The number of nitrogens with one attached hydrogen (secondary N) is 1. The average Bonchev–Trinajstić information content (AvgIpc) is 3.03. The molecule has 2 aliphatic carbocycles. The first kappa shape index (κ1) is 15.0. The van der Waals surface area contributed by atoms with E-state index in [1.165, 1.54) is 6.42 Å². The van der Waals surface area contributed by atoms with Gasteiger partial charge in [0.1, 0.15) is 0 Å². The third kappa shape index (κ3) is 2.62. The van der Waals surface area contributed by atoms with Gasteiger partial charge in [-0.1, -0.05) is 24.3 Å². The van der Waals surface area contributed by atoms with Crippen LogP contribution in [-0.4, -0.2) is 14.5 Å². The fraction of sp³-hybridized carbons (Fsp3) is 0.444. The second-order valence-electron chi connectivity index (χ2n) is 6.86. The lowest BCUT2D eigenvalue weighted by molar-refractivity contribution is 0.294. The summed E-state index contributed by atoms with van der Waals surface area (Å²) in [5.41, 5.74) is 2.13. The Labute approximate surface area is 137 Å². The van der Waals surface area contributed by atoms with Crippen molar-refractivity contribution in [1.82, 2.24) is 0 Å². The molecule has 3 aliphatic rings. The lowest BCUT2D eigenvalue weighted by Crippen LogP contribution is -2.41. The van der Waals surface area contributed by atoms with E-state index in [0.717, 1.165) is 30.5 Å². The molecule has 0 saturated heterocycles. The van der Waals surface area contributed by atoms with Crippen molar-refractivity contribution in [3.63, 3.8) is 0 Å². The number of nitrogens with two attached hydrogens (primary N) is 1. The van der Waals surface area contributed by atoms with Gasteiger partial charge in [0.2, 0.25) is 10.0 Å².